The van der Waals surface area contributed by atoms with E-state index in [0.29, 0.717) is 17.3 Å². The van der Waals surface area contributed by atoms with Gasteiger partial charge in [-0.1, -0.05) is 23.7 Å². The molecular formula is C16H15ClN6O3. The highest BCUT2D eigenvalue weighted by atomic mass is 35.5. The van der Waals surface area contributed by atoms with Gasteiger partial charge < -0.3 is 5.32 Å². The number of halogens is 1. The predicted molar refractivity (Wildman–Crippen MR) is 95.3 cm³/mol. The number of aryl methyl sites for hydroxylation is 1. The second-order valence-corrected chi connectivity index (χ2v) is 6.08. The average Bonchev–Trinajstić information content (AvgIpc) is 3.14. The number of hydrogen-bond acceptors (Lipinski definition) is 5. The minimum atomic E-state index is -0.683. The van der Waals surface area contributed by atoms with Crippen LogP contribution in [0.3, 0.4) is 0 Å². The van der Waals surface area contributed by atoms with E-state index < -0.39 is 10.8 Å². The lowest BCUT2D eigenvalue weighted by Crippen LogP contribution is -2.15. The summed E-state index contributed by atoms with van der Waals surface area (Å²) in [7, 11) is 1.54. The van der Waals surface area contributed by atoms with E-state index in [9.17, 15) is 14.9 Å². The number of nitrogens with zero attached hydrogens (tertiary/aromatic N) is 5. The van der Waals surface area contributed by atoms with E-state index >= 15 is 0 Å². The zero-order chi connectivity index (χ0) is 18.8. The van der Waals surface area contributed by atoms with Crippen molar-refractivity contribution in [3.8, 4) is 0 Å². The SMILES string of the molecule is Cc1c([N+](=O)[O-])c(C(=O)Nc2ccn(Cc3ccc(Cl)cc3)n2)nn1C. The fraction of sp³-hybridized carbons (Fsp3) is 0.188. The topological polar surface area (TPSA) is 108 Å². The Kier molecular flexibility index (Phi) is 4.72. The van der Waals surface area contributed by atoms with Crippen LogP contribution in [0.1, 0.15) is 21.7 Å². The third-order valence-electron chi connectivity index (χ3n) is 3.84. The number of benzene rings is 1. The van der Waals surface area contributed by atoms with Crippen LogP contribution in [-0.4, -0.2) is 30.4 Å². The molecule has 9 nitrogen and oxygen atoms in total. The van der Waals surface area contributed by atoms with Crippen molar-refractivity contribution in [2.45, 2.75) is 13.5 Å². The number of rotatable bonds is 5. The molecule has 1 amide bonds. The first-order chi connectivity index (χ1) is 12.3. The van der Waals surface area contributed by atoms with Gasteiger partial charge in [0, 0.05) is 24.3 Å². The molecule has 1 aromatic carbocycles. The largest absolute Gasteiger partial charge is 0.322 e. The minimum absolute atomic E-state index is 0.248. The first kappa shape index (κ1) is 17.6. The molecule has 0 saturated carbocycles. The maximum absolute atomic E-state index is 12.4. The van der Waals surface area contributed by atoms with Gasteiger partial charge in [-0.15, -0.1) is 0 Å². The van der Waals surface area contributed by atoms with Crippen LogP contribution in [0.5, 0.6) is 0 Å². The van der Waals surface area contributed by atoms with Gasteiger partial charge in [-0.3, -0.25) is 24.3 Å². The van der Waals surface area contributed by atoms with Gasteiger partial charge in [0.15, 0.2) is 5.82 Å². The maximum atomic E-state index is 12.4. The number of nitrogens with one attached hydrogen (secondary N) is 1. The van der Waals surface area contributed by atoms with Crippen LogP contribution in [0.4, 0.5) is 11.5 Å². The number of carbonyl (C=O) groups is 1. The number of nitro groups is 1. The van der Waals surface area contributed by atoms with Crippen molar-refractivity contribution in [2.75, 3.05) is 5.32 Å². The van der Waals surface area contributed by atoms with Gasteiger partial charge in [-0.05, 0) is 24.6 Å². The fourth-order valence-electron chi connectivity index (χ4n) is 2.44. The molecule has 0 fully saturated rings. The number of hydrogen-bond donors (Lipinski definition) is 1. The number of anilines is 1. The molecular weight excluding hydrogens is 360 g/mol. The summed E-state index contributed by atoms with van der Waals surface area (Å²) < 4.78 is 2.93. The van der Waals surface area contributed by atoms with E-state index in [1.807, 2.05) is 12.1 Å². The van der Waals surface area contributed by atoms with Crippen molar-refractivity contribution in [3.05, 3.63) is 68.6 Å². The van der Waals surface area contributed by atoms with Crippen molar-refractivity contribution in [1.29, 1.82) is 0 Å². The second-order valence-electron chi connectivity index (χ2n) is 5.64. The van der Waals surface area contributed by atoms with Gasteiger partial charge in [0.1, 0.15) is 5.69 Å². The molecule has 26 heavy (non-hydrogen) atoms. The normalized spacial score (nSPS) is 10.7. The molecule has 1 N–H and O–H groups in total. The highest BCUT2D eigenvalue weighted by molar-refractivity contribution is 6.30. The molecule has 3 rings (SSSR count). The van der Waals surface area contributed by atoms with Crippen LogP contribution in [-0.2, 0) is 13.6 Å². The predicted octanol–water partition coefficient (Wildman–Crippen LogP) is 2.79. The molecule has 0 aliphatic carbocycles. The van der Waals surface area contributed by atoms with E-state index in [2.05, 4.69) is 15.5 Å². The summed E-state index contributed by atoms with van der Waals surface area (Å²) in [5.41, 5.74) is 0.729. The minimum Gasteiger partial charge on any atom is -0.303 e. The molecule has 0 spiro atoms. The van der Waals surface area contributed by atoms with Crippen molar-refractivity contribution >= 4 is 29.0 Å². The molecule has 3 aromatic rings. The summed E-state index contributed by atoms with van der Waals surface area (Å²) in [5, 5.41) is 22.5. The molecule has 2 heterocycles. The molecule has 0 bridgehead atoms. The van der Waals surface area contributed by atoms with Gasteiger partial charge in [0.2, 0.25) is 5.69 Å². The van der Waals surface area contributed by atoms with Crippen LogP contribution >= 0.6 is 11.6 Å². The summed E-state index contributed by atoms with van der Waals surface area (Å²) in [5.74, 6) is -0.404. The van der Waals surface area contributed by atoms with Crippen LogP contribution in [0, 0.1) is 17.0 Å². The Morgan fingerprint density at radius 3 is 2.62 bits per heavy atom. The van der Waals surface area contributed by atoms with Gasteiger partial charge >= 0.3 is 5.69 Å². The second kappa shape index (κ2) is 6.96. The standard InChI is InChI=1S/C16H15ClN6O3/c1-10-15(23(25)26)14(20-21(10)2)16(24)18-13-7-8-22(19-13)9-11-3-5-12(17)6-4-11/h3-8H,9H2,1-2H3,(H,18,19,24). The molecule has 0 saturated heterocycles. The highest BCUT2D eigenvalue weighted by Crippen LogP contribution is 2.23. The van der Waals surface area contributed by atoms with E-state index in [0.717, 1.165) is 5.56 Å². The summed E-state index contributed by atoms with van der Waals surface area (Å²) in [6, 6.07) is 8.93. The van der Waals surface area contributed by atoms with Gasteiger partial charge in [0.25, 0.3) is 5.91 Å². The number of carbonyl (C=O) groups excluding carboxylic acids is 1. The van der Waals surface area contributed by atoms with Crippen LogP contribution in [0.25, 0.3) is 0 Å². The molecule has 0 aliphatic heterocycles. The maximum Gasteiger partial charge on any atom is 0.322 e. The van der Waals surface area contributed by atoms with Gasteiger partial charge in [0.05, 0.1) is 11.5 Å². The fourth-order valence-corrected chi connectivity index (χ4v) is 2.56. The summed E-state index contributed by atoms with van der Waals surface area (Å²) >= 11 is 5.86. The van der Waals surface area contributed by atoms with E-state index in [-0.39, 0.29) is 17.2 Å². The molecule has 0 unspecified atom stereocenters. The highest BCUT2D eigenvalue weighted by Gasteiger charge is 2.29. The van der Waals surface area contributed by atoms with E-state index in [1.54, 1.807) is 36.1 Å². The van der Waals surface area contributed by atoms with Gasteiger partial charge in [-0.2, -0.15) is 10.2 Å². The van der Waals surface area contributed by atoms with Crippen LogP contribution in [0.2, 0.25) is 5.02 Å². The Balaban J connectivity index is 1.75. The smallest absolute Gasteiger partial charge is 0.303 e. The molecule has 134 valence electrons. The van der Waals surface area contributed by atoms with Crippen LogP contribution in [0.15, 0.2) is 36.5 Å². The Bertz CT molecular complexity index is 977. The Hall–Kier alpha value is -3.20. The first-order valence-corrected chi connectivity index (χ1v) is 8.00. The Labute approximate surface area is 153 Å². The van der Waals surface area contributed by atoms with E-state index in [1.165, 1.54) is 11.6 Å². The van der Waals surface area contributed by atoms with Gasteiger partial charge in [-0.25, -0.2) is 0 Å². The lowest BCUT2D eigenvalue weighted by Gasteiger charge is -2.02. The third-order valence-corrected chi connectivity index (χ3v) is 4.09. The lowest BCUT2D eigenvalue weighted by molar-refractivity contribution is -0.385. The van der Waals surface area contributed by atoms with Crippen molar-refractivity contribution < 1.29 is 9.72 Å². The van der Waals surface area contributed by atoms with Crippen molar-refractivity contribution in [3.63, 3.8) is 0 Å². The first-order valence-electron chi connectivity index (χ1n) is 7.62. The Morgan fingerprint density at radius 1 is 1.27 bits per heavy atom. The molecule has 0 radical (unpaired) electrons. The van der Waals surface area contributed by atoms with Crippen molar-refractivity contribution in [1.82, 2.24) is 19.6 Å². The molecule has 0 aliphatic rings. The summed E-state index contributed by atoms with van der Waals surface area (Å²) in [4.78, 5) is 22.9. The molecule has 2 aromatic heterocycles. The summed E-state index contributed by atoms with van der Waals surface area (Å²) in [6.45, 7) is 2.03. The monoisotopic (exact) mass is 374 g/mol. The number of amides is 1. The third kappa shape index (κ3) is 3.57. The van der Waals surface area contributed by atoms with Crippen molar-refractivity contribution in [2.24, 2.45) is 7.05 Å². The van der Waals surface area contributed by atoms with E-state index in [4.69, 9.17) is 11.6 Å². The zero-order valence-corrected chi connectivity index (χ0v) is 14.8. The summed E-state index contributed by atoms with van der Waals surface area (Å²) in [6.07, 6.45) is 1.70. The zero-order valence-electron chi connectivity index (χ0n) is 14.0. The molecule has 10 heteroatoms. The Morgan fingerprint density at radius 2 is 1.96 bits per heavy atom. The lowest BCUT2D eigenvalue weighted by atomic mass is 10.2. The van der Waals surface area contributed by atoms with Crippen LogP contribution < -0.4 is 5.32 Å². The average molecular weight is 375 g/mol. The quantitative estimate of drug-likeness (QED) is 0.545. The molecule has 0 atom stereocenters. The number of aromatic nitrogens is 4.